The Morgan fingerprint density at radius 1 is 1.12 bits per heavy atom. The summed E-state index contributed by atoms with van der Waals surface area (Å²) in [5.41, 5.74) is 0.750. The largest absolute Gasteiger partial charge is 0.467 e. The second-order valence-electron chi connectivity index (χ2n) is 5.37. The molecule has 0 saturated heterocycles. The smallest absolute Gasteiger partial charge is 0.322 e. The lowest BCUT2D eigenvalue weighted by molar-refractivity contribution is 0.205. The van der Waals surface area contributed by atoms with Crippen molar-refractivity contribution in [1.29, 1.82) is 5.26 Å². The van der Waals surface area contributed by atoms with Gasteiger partial charge in [0.25, 0.3) is 0 Å². The molecule has 2 aromatic carbocycles. The number of nitrogens with one attached hydrogen (secondary N) is 1. The summed E-state index contributed by atoms with van der Waals surface area (Å²) in [6.45, 7) is 0.666. The van der Waals surface area contributed by atoms with Crippen molar-refractivity contribution >= 4 is 22.5 Å². The molecule has 1 heterocycles. The zero-order valence-electron chi connectivity index (χ0n) is 13.1. The number of hydrogen-bond donors (Lipinski definition) is 1. The molecule has 0 atom stereocenters. The van der Waals surface area contributed by atoms with E-state index in [1.54, 1.807) is 17.2 Å². The van der Waals surface area contributed by atoms with E-state index in [1.165, 1.54) is 0 Å². The van der Waals surface area contributed by atoms with Gasteiger partial charge in [-0.2, -0.15) is 5.26 Å². The predicted octanol–water partition coefficient (Wildman–Crippen LogP) is 4.38. The van der Waals surface area contributed by atoms with Gasteiger partial charge in [0.05, 0.1) is 31.0 Å². The van der Waals surface area contributed by atoms with Crippen molar-refractivity contribution in [2.45, 2.75) is 13.0 Å². The average molecular weight is 319 g/mol. The normalized spacial score (nSPS) is 10.3. The SMILES string of the molecule is N#CCCN(Cc1ccco1)C(=O)Nc1cccc2ccccc12. The molecule has 3 rings (SSSR count). The summed E-state index contributed by atoms with van der Waals surface area (Å²) in [5, 5.41) is 13.8. The first kappa shape index (κ1) is 15.6. The number of carbonyl (C=O) groups is 1. The minimum Gasteiger partial charge on any atom is -0.467 e. The highest BCUT2D eigenvalue weighted by atomic mass is 16.3. The van der Waals surface area contributed by atoms with E-state index in [4.69, 9.17) is 9.68 Å². The molecule has 0 spiro atoms. The van der Waals surface area contributed by atoms with Crippen molar-refractivity contribution in [2.75, 3.05) is 11.9 Å². The topological polar surface area (TPSA) is 69.3 Å². The van der Waals surface area contributed by atoms with Crippen molar-refractivity contribution in [3.05, 3.63) is 66.6 Å². The second-order valence-corrected chi connectivity index (χ2v) is 5.37. The lowest BCUT2D eigenvalue weighted by Crippen LogP contribution is -2.35. The van der Waals surface area contributed by atoms with Crippen molar-refractivity contribution < 1.29 is 9.21 Å². The Hall–Kier alpha value is -3.26. The van der Waals surface area contributed by atoms with Crippen LogP contribution in [-0.2, 0) is 6.54 Å². The first-order chi connectivity index (χ1) is 11.8. The molecule has 1 aromatic heterocycles. The molecule has 0 unspecified atom stereocenters. The Balaban J connectivity index is 1.80. The van der Waals surface area contributed by atoms with Gasteiger partial charge in [-0.3, -0.25) is 0 Å². The van der Waals surface area contributed by atoms with Gasteiger partial charge in [-0.25, -0.2) is 4.79 Å². The zero-order chi connectivity index (χ0) is 16.8. The quantitative estimate of drug-likeness (QED) is 0.758. The van der Waals surface area contributed by atoms with Crippen LogP contribution in [0.4, 0.5) is 10.5 Å². The number of carbonyl (C=O) groups excluding carboxylic acids is 1. The van der Waals surface area contributed by atoms with Gasteiger partial charge in [0, 0.05) is 11.9 Å². The molecule has 0 bridgehead atoms. The van der Waals surface area contributed by atoms with Crippen LogP contribution in [0, 0.1) is 11.3 Å². The van der Waals surface area contributed by atoms with E-state index < -0.39 is 0 Å². The Bertz CT molecular complexity index is 860. The van der Waals surface area contributed by atoms with E-state index >= 15 is 0 Å². The summed E-state index contributed by atoms with van der Waals surface area (Å²) < 4.78 is 5.31. The maximum Gasteiger partial charge on any atom is 0.322 e. The molecule has 120 valence electrons. The van der Waals surface area contributed by atoms with Gasteiger partial charge in [-0.05, 0) is 23.6 Å². The number of anilines is 1. The van der Waals surface area contributed by atoms with Gasteiger partial charge in [-0.15, -0.1) is 0 Å². The Morgan fingerprint density at radius 2 is 1.96 bits per heavy atom. The number of hydrogen-bond acceptors (Lipinski definition) is 3. The molecule has 3 aromatic rings. The number of amides is 2. The highest BCUT2D eigenvalue weighted by Crippen LogP contribution is 2.23. The van der Waals surface area contributed by atoms with Gasteiger partial charge in [0.2, 0.25) is 0 Å². The van der Waals surface area contributed by atoms with E-state index in [-0.39, 0.29) is 12.5 Å². The van der Waals surface area contributed by atoms with Gasteiger partial charge in [-0.1, -0.05) is 36.4 Å². The standard InChI is InChI=1S/C19H17N3O2/c20-11-5-12-22(14-16-8-4-13-24-16)19(23)21-18-10-3-7-15-6-1-2-9-17(15)18/h1-4,6-10,13H,5,12,14H2,(H,21,23). The summed E-state index contributed by atoms with van der Waals surface area (Å²) in [6.07, 6.45) is 1.84. The Kier molecular flexibility index (Phi) is 4.78. The summed E-state index contributed by atoms with van der Waals surface area (Å²) >= 11 is 0. The van der Waals surface area contributed by atoms with Gasteiger partial charge >= 0.3 is 6.03 Å². The molecule has 5 heteroatoms. The lowest BCUT2D eigenvalue weighted by Gasteiger charge is -2.21. The summed E-state index contributed by atoms with van der Waals surface area (Å²) in [4.78, 5) is 14.2. The fourth-order valence-corrected chi connectivity index (χ4v) is 2.56. The van der Waals surface area contributed by atoms with Crippen LogP contribution in [0.15, 0.2) is 65.3 Å². The fraction of sp³-hybridized carbons (Fsp3) is 0.158. The molecule has 0 fully saturated rings. The van der Waals surface area contributed by atoms with Crippen molar-refractivity contribution in [3.63, 3.8) is 0 Å². The molecule has 0 radical (unpaired) electrons. The molecule has 5 nitrogen and oxygen atoms in total. The van der Waals surface area contributed by atoms with Crippen LogP contribution in [0.25, 0.3) is 10.8 Å². The van der Waals surface area contributed by atoms with Crippen molar-refractivity contribution in [2.24, 2.45) is 0 Å². The average Bonchev–Trinajstić information content (AvgIpc) is 3.12. The summed E-state index contributed by atoms with van der Waals surface area (Å²) in [7, 11) is 0. The first-order valence-corrected chi connectivity index (χ1v) is 7.71. The van der Waals surface area contributed by atoms with E-state index in [1.807, 2.05) is 48.5 Å². The van der Waals surface area contributed by atoms with Gasteiger partial charge < -0.3 is 14.6 Å². The van der Waals surface area contributed by atoms with E-state index in [9.17, 15) is 4.79 Å². The fourth-order valence-electron chi connectivity index (χ4n) is 2.56. The molecule has 1 N–H and O–H groups in total. The van der Waals surface area contributed by atoms with E-state index in [0.717, 1.165) is 16.5 Å². The van der Waals surface area contributed by atoms with E-state index in [0.29, 0.717) is 18.8 Å². The number of urea groups is 1. The Labute approximate surface area is 140 Å². The monoisotopic (exact) mass is 319 g/mol. The molecule has 0 saturated carbocycles. The highest BCUT2D eigenvalue weighted by molar-refractivity contribution is 6.01. The molecular formula is C19H17N3O2. The molecule has 0 aliphatic carbocycles. The molecule has 0 aliphatic heterocycles. The minimum atomic E-state index is -0.252. The third-order valence-corrected chi connectivity index (χ3v) is 3.74. The van der Waals surface area contributed by atoms with Crippen LogP contribution in [0.1, 0.15) is 12.2 Å². The van der Waals surface area contributed by atoms with Crippen LogP contribution < -0.4 is 5.32 Å². The third-order valence-electron chi connectivity index (χ3n) is 3.74. The van der Waals surface area contributed by atoms with Crippen molar-refractivity contribution in [1.82, 2.24) is 4.90 Å². The summed E-state index contributed by atoms with van der Waals surface area (Å²) in [5.74, 6) is 0.681. The van der Waals surface area contributed by atoms with Gasteiger partial charge in [0.15, 0.2) is 0 Å². The maximum absolute atomic E-state index is 12.7. The first-order valence-electron chi connectivity index (χ1n) is 7.71. The molecule has 0 aliphatic rings. The number of nitriles is 1. The van der Waals surface area contributed by atoms with Crippen LogP contribution in [0.3, 0.4) is 0 Å². The number of furan rings is 1. The number of benzene rings is 2. The summed E-state index contributed by atoms with van der Waals surface area (Å²) in [6, 6.07) is 19.1. The van der Waals surface area contributed by atoms with Crippen LogP contribution in [0.5, 0.6) is 0 Å². The van der Waals surface area contributed by atoms with E-state index in [2.05, 4.69) is 11.4 Å². The lowest BCUT2D eigenvalue weighted by atomic mass is 10.1. The molecular weight excluding hydrogens is 302 g/mol. The Morgan fingerprint density at radius 3 is 2.75 bits per heavy atom. The number of rotatable bonds is 5. The van der Waals surface area contributed by atoms with Gasteiger partial charge in [0.1, 0.15) is 5.76 Å². The molecule has 24 heavy (non-hydrogen) atoms. The number of fused-ring (bicyclic) bond motifs is 1. The third kappa shape index (κ3) is 3.55. The highest BCUT2D eigenvalue weighted by Gasteiger charge is 2.16. The second kappa shape index (κ2) is 7.34. The molecule has 2 amide bonds. The zero-order valence-corrected chi connectivity index (χ0v) is 13.1. The van der Waals surface area contributed by atoms with Crippen LogP contribution >= 0.6 is 0 Å². The van der Waals surface area contributed by atoms with Crippen LogP contribution in [0.2, 0.25) is 0 Å². The maximum atomic E-state index is 12.7. The van der Waals surface area contributed by atoms with Crippen LogP contribution in [-0.4, -0.2) is 17.5 Å². The predicted molar refractivity (Wildman–Crippen MR) is 92.3 cm³/mol. The number of nitrogens with zero attached hydrogens (tertiary/aromatic N) is 2. The minimum absolute atomic E-state index is 0.252. The van der Waals surface area contributed by atoms with Crippen molar-refractivity contribution in [3.8, 4) is 6.07 Å².